The highest BCUT2D eigenvalue weighted by atomic mass is 32.1. The van der Waals surface area contributed by atoms with E-state index in [0.29, 0.717) is 0 Å². The predicted molar refractivity (Wildman–Crippen MR) is 98.5 cm³/mol. The molecule has 0 amide bonds. The van der Waals surface area contributed by atoms with Crippen molar-refractivity contribution in [2.45, 2.75) is 38.4 Å². The van der Waals surface area contributed by atoms with Gasteiger partial charge in [0.1, 0.15) is 0 Å². The van der Waals surface area contributed by atoms with Crippen molar-refractivity contribution in [1.29, 1.82) is 0 Å². The maximum absolute atomic E-state index is 5.90. The van der Waals surface area contributed by atoms with Crippen LogP contribution in [0.15, 0.2) is 17.9 Å². The second-order valence-electron chi connectivity index (χ2n) is 7.33. The van der Waals surface area contributed by atoms with Crippen LogP contribution in [0.2, 0.25) is 0 Å². The van der Waals surface area contributed by atoms with Crippen molar-refractivity contribution in [2.75, 3.05) is 32.8 Å². The number of hydrogen-bond donors (Lipinski definition) is 0. The summed E-state index contributed by atoms with van der Waals surface area (Å²) in [5.74, 6) is 0. The Morgan fingerprint density at radius 1 is 1.24 bits per heavy atom. The van der Waals surface area contributed by atoms with Crippen LogP contribution in [0.25, 0.3) is 0 Å². The first-order chi connectivity index (χ1) is 12.1. The van der Waals surface area contributed by atoms with Crippen molar-refractivity contribution in [3.63, 3.8) is 0 Å². The largest absolute Gasteiger partial charge is 0.378 e. The standard InChI is InChI=1S/C18H27N5OS/c1-15-20-16(12-25-15)10-23-7-8-24-13-18(23)3-5-22(6-4-18)11-17-9-19-14-21(17)2/h9,12,14H,3-8,10-11,13H2,1-2H3. The van der Waals surface area contributed by atoms with E-state index in [0.717, 1.165) is 63.8 Å². The molecular formula is C18H27N5OS. The maximum Gasteiger partial charge on any atom is 0.0945 e. The first-order valence-corrected chi connectivity index (χ1v) is 9.94. The minimum absolute atomic E-state index is 0.179. The SMILES string of the molecule is Cc1nc(CN2CCOCC23CCN(Cc2cncn2C)CC3)cs1. The third-order valence-electron chi connectivity index (χ3n) is 5.66. The first-order valence-electron chi connectivity index (χ1n) is 9.06. The number of imidazole rings is 1. The van der Waals surface area contributed by atoms with Gasteiger partial charge >= 0.3 is 0 Å². The summed E-state index contributed by atoms with van der Waals surface area (Å²) in [6.07, 6.45) is 6.18. The number of thiazole rings is 1. The highest BCUT2D eigenvalue weighted by Gasteiger charge is 2.42. The van der Waals surface area contributed by atoms with E-state index in [4.69, 9.17) is 4.74 Å². The van der Waals surface area contributed by atoms with Crippen molar-refractivity contribution < 1.29 is 4.74 Å². The van der Waals surface area contributed by atoms with Gasteiger partial charge in [0.25, 0.3) is 0 Å². The lowest BCUT2D eigenvalue weighted by Crippen LogP contribution is -2.61. The molecule has 0 bridgehead atoms. The van der Waals surface area contributed by atoms with Crippen molar-refractivity contribution in [1.82, 2.24) is 24.3 Å². The van der Waals surface area contributed by atoms with Crippen molar-refractivity contribution in [3.8, 4) is 0 Å². The molecule has 4 rings (SSSR count). The van der Waals surface area contributed by atoms with E-state index in [1.165, 1.54) is 11.4 Å². The highest BCUT2D eigenvalue weighted by Crippen LogP contribution is 2.33. The summed E-state index contributed by atoms with van der Waals surface area (Å²) in [6.45, 7) is 8.95. The second kappa shape index (κ2) is 7.15. The Labute approximate surface area is 153 Å². The summed E-state index contributed by atoms with van der Waals surface area (Å²) in [6, 6.07) is 0. The Hall–Kier alpha value is -1.28. The Bertz CT molecular complexity index is 704. The summed E-state index contributed by atoms with van der Waals surface area (Å²) in [7, 11) is 2.07. The van der Waals surface area contributed by atoms with E-state index >= 15 is 0 Å². The number of aryl methyl sites for hydroxylation is 2. The molecule has 2 aliphatic heterocycles. The number of morpholine rings is 1. The predicted octanol–water partition coefficient (Wildman–Crippen LogP) is 2.05. The zero-order valence-electron chi connectivity index (χ0n) is 15.1. The lowest BCUT2D eigenvalue weighted by atomic mass is 9.85. The molecule has 7 heteroatoms. The molecule has 4 heterocycles. The molecule has 25 heavy (non-hydrogen) atoms. The molecule has 0 aliphatic carbocycles. The normalized spacial score (nSPS) is 21.8. The van der Waals surface area contributed by atoms with Crippen LogP contribution in [0, 0.1) is 6.92 Å². The summed E-state index contributed by atoms with van der Waals surface area (Å²) < 4.78 is 8.02. The van der Waals surface area contributed by atoms with Gasteiger partial charge in [-0.05, 0) is 19.8 Å². The fraction of sp³-hybridized carbons (Fsp3) is 0.667. The molecule has 0 unspecified atom stereocenters. The number of ether oxygens (including phenoxy) is 1. The van der Waals surface area contributed by atoms with Crippen LogP contribution in [-0.4, -0.2) is 62.7 Å². The Morgan fingerprint density at radius 2 is 2.08 bits per heavy atom. The van der Waals surface area contributed by atoms with Gasteiger partial charge in [-0.2, -0.15) is 0 Å². The van der Waals surface area contributed by atoms with Crippen molar-refractivity contribution >= 4 is 11.3 Å². The van der Waals surface area contributed by atoms with E-state index in [2.05, 4.69) is 43.7 Å². The first kappa shape index (κ1) is 17.1. The fourth-order valence-corrected chi connectivity index (χ4v) is 4.65. The molecule has 2 aromatic heterocycles. The zero-order valence-corrected chi connectivity index (χ0v) is 16.0. The molecule has 2 aliphatic rings. The van der Waals surface area contributed by atoms with Crippen LogP contribution >= 0.6 is 11.3 Å². The Balaban J connectivity index is 1.41. The van der Waals surface area contributed by atoms with Gasteiger partial charge < -0.3 is 9.30 Å². The van der Waals surface area contributed by atoms with Crippen LogP contribution < -0.4 is 0 Å². The third-order valence-corrected chi connectivity index (χ3v) is 6.48. The fourth-order valence-electron chi connectivity index (χ4n) is 4.04. The van der Waals surface area contributed by atoms with Gasteiger partial charge in [-0.1, -0.05) is 0 Å². The van der Waals surface area contributed by atoms with Gasteiger partial charge in [0.15, 0.2) is 0 Å². The lowest BCUT2D eigenvalue weighted by Gasteiger charge is -2.51. The quantitative estimate of drug-likeness (QED) is 0.834. The van der Waals surface area contributed by atoms with Gasteiger partial charge in [-0.25, -0.2) is 9.97 Å². The molecule has 0 atom stereocenters. The maximum atomic E-state index is 5.90. The van der Waals surface area contributed by atoms with Gasteiger partial charge in [-0.3, -0.25) is 9.80 Å². The van der Waals surface area contributed by atoms with Crippen molar-refractivity contribution in [2.24, 2.45) is 7.05 Å². The Kier molecular flexibility index (Phi) is 4.90. The van der Waals surface area contributed by atoms with E-state index in [1.54, 1.807) is 11.3 Å². The van der Waals surface area contributed by atoms with Gasteiger partial charge in [0.2, 0.25) is 0 Å². The Morgan fingerprint density at radius 3 is 2.76 bits per heavy atom. The van der Waals surface area contributed by atoms with Gasteiger partial charge in [0.05, 0.1) is 35.9 Å². The minimum atomic E-state index is 0.179. The molecule has 2 saturated heterocycles. The topological polar surface area (TPSA) is 46.4 Å². The van der Waals surface area contributed by atoms with Gasteiger partial charge in [-0.15, -0.1) is 11.3 Å². The van der Waals surface area contributed by atoms with E-state index in [-0.39, 0.29) is 5.54 Å². The second-order valence-corrected chi connectivity index (χ2v) is 8.39. The van der Waals surface area contributed by atoms with Crippen LogP contribution in [0.4, 0.5) is 0 Å². The van der Waals surface area contributed by atoms with Crippen molar-refractivity contribution in [3.05, 3.63) is 34.3 Å². The van der Waals surface area contributed by atoms with E-state index < -0.39 is 0 Å². The number of hydrogen-bond acceptors (Lipinski definition) is 6. The smallest absolute Gasteiger partial charge is 0.0945 e. The average Bonchev–Trinajstić information content (AvgIpc) is 3.21. The summed E-state index contributed by atoms with van der Waals surface area (Å²) in [5, 5.41) is 3.36. The molecule has 6 nitrogen and oxygen atoms in total. The number of aromatic nitrogens is 3. The minimum Gasteiger partial charge on any atom is -0.378 e. The molecule has 0 saturated carbocycles. The van der Waals surface area contributed by atoms with Gasteiger partial charge in [0, 0.05) is 56.9 Å². The third kappa shape index (κ3) is 3.65. The molecule has 0 aromatic carbocycles. The van der Waals surface area contributed by atoms with Crippen LogP contribution in [0.5, 0.6) is 0 Å². The molecular weight excluding hydrogens is 334 g/mol. The van der Waals surface area contributed by atoms with Crippen LogP contribution in [0.3, 0.4) is 0 Å². The molecule has 0 radical (unpaired) electrons. The van der Waals surface area contributed by atoms with E-state index in [9.17, 15) is 0 Å². The lowest BCUT2D eigenvalue weighted by molar-refractivity contribution is -0.100. The average molecular weight is 362 g/mol. The number of rotatable bonds is 4. The zero-order chi connectivity index (χ0) is 17.3. The number of nitrogens with zero attached hydrogens (tertiary/aromatic N) is 5. The number of likely N-dealkylation sites (tertiary alicyclic amines) is 1. The molecule has 136 valence electrons. The monoisotopic (exact) mass is 361 g/mol. The molecule has 0 N–H and O–H groups in total. The summed E-state index contributed by atoms with van der Waals surface area (Å²) >= 11 is 1.75. The van der Waals surface area contributed by atoms with Crippen LogP contribution in [-0.2, 0) is 24.9 Å². The molecule has 1 spiro atoms. The molecule has 2 fully saturated rings. The van der Waals surface area contributed by atoms with Crippen LogP contribution in [0.1, 0.15) is 29.2 Å². The molecule has 2 aromatic rings. The number of piperidine rings is 1. The summed E-state index contributed by atoms with van der Waals surface area (Å²) in [4.78, 5) is 14.1. The summed E-state index contributed by atoms with van der Waals surface area (Å²) in [5.41, 5.74) is 2.67. The van der Waals surface area contributed by atoms with E-state index in [1.807, 2.05) is 12.5 Å². The highest BCUT2D eigenvalue weighted by molar-refractivity contribution is 7.09.